The number of aromatic nitrogens is 1. The lowest BCUT2D eigenvalue weighted by atomic mass is 9.85. The van der Waals surface area contributed by atoms with Gasteiger partial charge in [0.05, 0.1) is 13.7 Å². The van der Waals surface area contributed by atoms with E-state index in [4.69, 9.17) is 9.47 Å². The summed E-state index contributed by atoms with van der Waals surface area (Å²) in [7, 11) is 3.24. The van der Waals surface area contributed by atoms with Gasteiger partial charge in [-0.3, -0.25) is 9.59 Å². The van der Waals surface area contributed by atoms with Gasteiger partial charge in [0.25, 0.3) is 5.91 Å². The summed E-state index contributed by atoms with van der Waals surface area (Å²) in [5.74, 6) is 1.05. The number of H-pyrrole nitrogens is 1. The van der Waals surface area contributed by atoms with Gasteiger partial charge in [0.1, 0.15) is 11.4 Å². The number of hydrogen-bond acceptors (Lipinski definition) is 4. The van der Waals surface area contributed by atoms with E-state index in [-0.39, 0.29) is 17.7 Å². The summed E-state index contributed by atoms with van der Waals surface area (Å²) in [6.45, 7) is 4.34. The molecule has 1 fully saturated rings. The number of fused-ring (bicyclic) bond motifs is 1. The van der Waals surface area contributed by atoms with Crippen LogP contribution in [0.15, 0.2) is 24.3 Å². The molecule has 0 bridgehead atoms. The van der Waals surface area contributed by atoms with Crippen molar-refractivity contribution in [3.63, 3.8) is 0 Å². The van der Waals surface area contributed by atoms with Gasteiger partial charge in [0, 0.05) is 49.6 Å². The summed E-state index contributed by atoms with van der Waals surface area (Å²) in [6.07, 6.45) is 1.66. The molecule has 2 heterocycles. The second-order valence-electron chi connectivity index (χ2n) is 7.34. The Morgan fingerprint density at radius 1 is 1.25 bits per heavy atom. The fourth-order valence-corrected chi connectivity index (χ4v) is 3.77. The first-order valence-corrected chi connectivity index (χ1v) is 9.76. The molecular formula is C21H29N3O4. The average molecular weight is 387 g/mol. The Bertz CT molecular complexity index is 824. The number of nitrogens with zero attached hydrogens (tertiary/aromatic N) is 1. The number of hydrogen-bond donors (Lipinski definition) is 2. The van der Waals surface area contributed by atoms with E-state index < -0.39 is 0 Å². The number of rotatable bonds is 7. The summed E-state index contributed by atoms with van der Waals surface area (Å²) < 4.78 is 10.2. The van der Waals surface area contributed by atoms with E-state index in [1.165, 1.54) is 0 Å². The van der Waals surface area contributed by atoms with Crippen molar-refractivity contribution in [2.45, 2.75) is 19.8 Å². The third-order valence-corrected chi connectivity index (χ3v) is 5.61. The first kappa shape index (κ1) is 20.2. The molecule has 1 saturated heterocycles. The maximum Gasteiger partial charge on any atom is 0.270 e. The average Bonchev–Trinajstić information content (AvgIpc) is 3.16. The molecule has 0 radical (unpaired) electrons. The van der Waals surface area contributed by atoms with Crippen molar-refractivity contribution < 1.29 is 19.1 Å². The van der Waals surface area contributed by atoms with Crippen LogP contribution in [0.2, 0.25) is 0 Å². The van der Waals surface area contributed by atoms with Gasteiger partial charge in [0.15, 0.2) is 0 Å². The zero-order valence-electron chi connectivity index (χ0n) is 16.8. The van der Waals surface area contributed by atoms with Crippen molar-refractivity contribution in [3.05, 3.63) is 30.0 Å². The largest absolute Gasteiger partial charge is 0.497 e. The number of likely N-dealkylation sites (tertiary alicyclic amines) is 1. The molecule has 1 aliphatic heterocycles. The van der Waals surface area contributed by atoms with Gasteiger partial charge in [-0.1, -0.05) is 6.92 Å². The number of ether oxygens (including phenoxy) is 2. The molecule has 1 aromatic heterocycles. The van der Waals surface area contributed by atoms with E-state index >= 15 is 0 Å². The molecule has 2 N–H and O–H groups in total. The van der Waals surface area contributed by atoms with Crippen molar-refractivity contribution in [3.8, 4) is 5.75 Å². The molecular weight excluding hydrogens is 358 g/mol. The Morgan fingerprint density at radius 3 is 2.68 bits per heavy atom. The maximum atomic E-state index is 12.9. The standard InChI is InChI=1S/C21H29N3O4/c1-14(20(25)22-8-11-27-2)15-6-9-24(10-7-15)21(26)19-12-16-4-5-17(28-3)13-18(16)23-19/h4-5,12-15,23H,6-11H2,1-3H3,(H,22,25)/t14-/m0/s1. The van der Waals surface area contributed by atoms with Crippen LogP contribution < -0.4 is 10.1 Å². The smallest absolute Gasteiger partial charge is 0.270 e. The van der Waals surface area contributed by atoms with E-state index in [0.29, 0.717) is 37.9 Å². The summed E-state index contributed by atoms with van der Waals surface area (Å²) in [5.41, 5.74) is 1.48. The van der Waals surface area contributed by atoms with E-state index in [2.05, 4.69) is 10.3 Å². The van der Waals surface area contributed by atoms with Crippen LogP contribution in [0.25, 0.3) is 10.9 Å². The van der Waals surface area contributed by atoms with Crippen molar-refractivity contribution in [2.75, 3.05) is 40.5 Å². The van der Waals surface area contributed by atoms with Gasteiger partial charge in [-0.2, -0.15) is 0 Å². The highest BCUT2D eigenvalue weighted by Gasteiger charge is 2.30. The quantitative estimate of drug-likeness (QED) is 0.715. The maximum absolute atomic E-state index is 12.9. The molecule has 1 aromatic carbocycles. The van der Waals surface area contributed by atoms with Crippen LogP contribution in [-0.4, -0.2) is 62.2 Å². The van der Waals surface area contributed by atoms with Crippen molar-refractivity contribution >= 4 is 22.7 Å². The number of aromatic amines is 1. The molecule has 0 spiro atoms. The van der Waals surface area contributed by atoms with Crippen LogP contribution in [0, 0.1) is 11.8 Å². The highest BCUT2D eigenvalue weighted by molar-refractivity contribution is 5.98. The van der Waals surface area contributed by atoms with Crippen LogP contribution in [0.3, 0.4) is 0 Å². The zero-order valence-corrected chi connectivity index (χ0v) is 16.8. The molecule has 0 unspecified atom stereocenters. The zero-order chi connectivity index (χ0) is 20.1. The summed E-state index contributed by atoms with van der Waals surface area (Å²) >= 11 is 0. The lowest BCUT2D eigenvalue weighted by molar-refractivity contribution is -0.126. The minimum Gasteiger partial charge on any atom is -0.497 e. The second-order valence-corrected chi connectivity index (χ2v) is 7.34. The van der Waals surface area contributed by atoms with Gasteiger partial charge >= 0.3 is 0 Å². The third-order valence-electron chi connectivity index (χ3n) is 5.61. The van der Waals surface area contributed by atoms with Gasteiger partial charge < -0.3 is 24.7 Å². The van der Waals surface area contributed by atoms with E-state index in [1.54, 1.807) is 14.2 Å². The van der Waals surface area contributed by atoms with E-state index in [9.17, 15) is 9.59 Å². The fourth-order valence-electron chi connectivity index (χ4n) is 3.77. The Labute approximate surface area is 165 Å². The fraction of sp³-hybridized carbons (Fsp3) is 0.524. The summed E-state index contributed by atoms with van der Waals surface area (Å²) in [4.78, 5) is 30.2. The van der Waals surface area contributed by atoms with Gasteiger partial charge in [0.2, 0.25) is 5.91 Å². The molecule has 152 valence electrons. The number of amides is 2. The number of carbonyl (C=O) groups is 2. The normalized spacial score (nSPS) is 16.2. The predicted molar refractivity (Wildman–Crippen MR) is 108 cm³/mol. The van der Waals surface area contributed by atoms with Crippen molar-refractivity contribution in [1.29, 1.82) is 0 Å². The number of benzene rings is 1. The Balaban J connectivity index is 1.57. The SMILES string of the molecule is COCCNC(=O)[C@@H](C)C1CCN(C(=O)c2cc3ccc(OC)cc3[nH]2)CC1. The highest BCUT2D eigenvalue weighted by atomic mass is 16.5. The molecule has 28 heavy (non-hydrogen) atoms. The number of nitrogens with one attached hydrogen (secondary N) is 2. The molecule has 7 heteroatoms. The van der Waals surface area contributed by atoms with Gasteiger partial charge in [-0.25, -0.2) is 0 Å². The molecule has 1 aliphatic rings. The first-order valence-electron chi connectivity index (χ1n) is 9.76. The number of methoxy groups -OCH3 is 2. The second kappa shape index (κ2) is 9.10. The van der Waals surface area contributed by atoms with Crippen LogP contribution in [0.1, 0.15) is 30.3 Å². The summed E-state index contributed by atoms with van der Waals surface area (Å²) in [5, 5.41) is 3.89. The molecule has 2 amide bonds. The number of carbonyl (C=O) groups excluding carboxylic acids is 2. The highest BCUT2D eigenvalue weighted by Crippen LogP contribution is 2.27. The number of piperidine rings is 1. The lowest BCUT2D eigenvalue weighted by Gasteiger charge is -2.34. The van der Waals surface area contributed by atoms with Crippen molar-refractivity contribution in [2.24, 2.45) is 11.8 Å². The van der Waals surface area contributed by atoms with E-state index in [0.717, 1.165) is 29.5 Å². The van der Waals surface area contributed by atoms with Crippen LogP contribution in [-0.2, 0) is 9.53 Å². The summed E-state index contributed by atoms with van der Waals surface area (Å²) in [6, 6.07) is 7.60. The van der Waals surface area contributed by atoms with Gasteiger partial charge in [-0.05, 0) is 37.0 Å². The molecule has 0 saturated carbocycles. The molecule has 0 aliphatic carbocycles. The van der Waals surface area contributed by atoms with Crippen LogP contribution >= 0.6 is 0 Å². The van der Waals surface area contributed by atoms with Crippen molar-refractivity contribution in [1.82, 2.24) is 15.2 Å². The monoisotopic (exact) mass is 387 g/mol. The third kappa shape index (κ3) is 4.47. The van der Waals surface area contributed by atoms with Crippen LogP contribution in [0.4, 0.5) is 0 Å². The predicted octanol–water partition coefficient (Wildman–Crippen LogP) is 2.43. The Kier molecular flexibility index (Phi) is 6.57. The Morgan fingerprint density at radius 2 is 2.00 bits per heavy atom. The topological polar surface area (TPSA) is 83.7 Å². The van der Waals surface area contributed by atoms with E-state index in [1.807, 2.05) is 36.1 Å². The first-order chi connectivity index (χ1) is 13.5. The minimum absolute atomic E-state index is 0.00539. The molecule has 7 nitrogen and oxygen atoms in total. The molecule has 3 rings (SSSR count). The van der Waals surface area contributed by atoms with Gasteiger partial charge in [-0.15, -0.1) is 0 Å². The Hall–Kier alpha value is -2.54. The minimum atomic E-state index is -0.0605. The molecule has 1 atom stereocenters. The lowest BCUT2D eigenvalue weighted by Crippen LogP contribution is -2.43. The molecule has 2 aromatic rings. The van der Waals surface area contributed by atoms with Crippen LogP contribution in [0.5, 0.6) is 5.75 Å².